The van der Waals surface area contributed by atoms with E-state index in [1.165, 1.54) is 13.3 Å². The van der Waals surface area contributed by atoms with Gasteiger partial charge in [0.25, 0.3) is 5.91 Å². The van der Waals surface area contributed by atoms with Crippen LogP contribution in [0.4, 0.5) is 0 Å². The summed E-state index contributed by atoms with van der Waals surface area (Å²) in [7, 11) is 1.44. The van der Waals surface area contributed by atoms with Crippen LogP contribution in [0.15, 0.2) is 61.1 Å². The summed E-state index contributed by atoms with van der Waals surface area (Å²) in [4.78, 5) is 25.1. The van der Waals surface area contributed by atoms with E-state index in [9.17, 15) is 10.0 Å². The molecule has 3 heterocycles. The average Bonchev–Trinajstić information content (AvgIpc) is 2.77. The fourth-order valence-corrected chi connectivity index (χ4v) is 3.31. The molecule has 144 valence electrons. The van der Waals surface area contributed by atoms with Crippen LogP contribution >= 0.6 is 11.6 Å². The summed E-state index contributed by atoms with van der Waals surface area (Å²) in [5.74, 6) is -0.502. The monoisotopic (exact) mass is 406 g/mol. The van der Waals surface area contributed by atoms with E-state index in [0.717, 1.165) is 16.7 Å². The van der Waals surface area contributed by atoms with Gasteiger partial charge in [-0.1, -0.05) is 35.9 Å². The second-order valence-electron chi connectivity index (χ2n) is 6.15. The zero-order chi connectivity index (χ0) is 20.4. The second kappa shape index (κ2) is 7.83. The molecule has 0 saturated heterocycles. The summed E-state index contributed by atoms with van der Waals surface area (Å²) in [5.41, 5.74) is 5.46. The lowest BCUT2D eigenvalue weighted by atomic mass is 10.0. The molecule has 0 aliphatic heterocycles. The Morgan fingerprint density at radius 3 is 2.38 bits per heavy atom. The van der Waals surface area contributed by atoms with Gasteiger partial charge in [0, 0.05) is 35.6 Å². The lowest BCUT2D eigenvalue weighted by Crippen LogP contribution is -2.20. The van der Waals surface area contributed by atoms with E-state index >= 15 is 0 Å². The number of hydrogen-bond donors (Lipinski definition) is 2. The number of pyridine rings is 3. The van der Waals surface area contributed by atoms with Crippen LogP contribution in [0.1, 0.15) is 10.4 Å². The second-order valence-corrected chi connectivity index (χ2v) is 6.53. The van der Waals surface area contributed by atoms with Crippen LogP contribution in [0.3, 0.4) is 0 Å². The molecular weight excluding hydrogens is 392 g/mol. The topological polar surface area (TPSA) is 97.2 Å². The van der Waals surface area contributed by atoms with E-state index in [-0.39, 0.29) is 16.5 Å². The van der Waals surface area contributed by atoms with Gasteiger partial charge in [-0.3, -0.25) is 15.0 Å². The Hall–Kier alpha value is -3.55. The highest BCUT2D eigenvalue weighted by molar-refractivity contribution is 6.30. The molecule has 4 aromatic rings. The fraction of sp³-hybridized carbons (Fsp3) is 0.0476. The van der Waals surface area contributed by atoms with E-state index in [0.29, 0.717) is 16.6 Å². The Balaban J connectivity index is 1.92. The minimum absolute atomic E-state index is 0.123. The Labute approximate surface area is 170 Å². The first-order valence-corrected chi connectivity index (χ1v) is 8.98. The highest BCUT2D eigenvalue weighted by Crippen LogP contribution is 2.37. The zero-order valence-corrected chi connectivity index (χ0v) is 16.0. The van der Waals surface area contributed by atoms with Crippen molar-refractivity contribution in [3.8, 4) is 28.1 Å². The Morgan fingerprint density at radius 2 is 1.72 bits per heavy atom. The van der Waals surface area contributed by atoms with Crippen molar-refractivity contribution in [3.63, 3.8) is 0 Å². The van der Waals surface area contributed by atoms with E-state index in [1.54, 1.807) is 23.9 Å². The minimum Gasteiger partial charge on any atom is -0.494 e. The molecule has 0 fully saturated rings. The summed E-state index contributed by atoms with van der Waals surface area (Å²) in [6.07, 6.45) is 4.89. The van der Waals surface area contributed by atoms with E-state index < -0.39 is 5.91 Å². The maximum absolute atomic E-state index is 12.4. The van der Waals surface area contributed by atoms with Crippen molar-refractivity contribution in [3.05, 3.63) is 71.8 Å². The summed E-state index contributed by atoms with van der Waals surface area (Å²) in [6.45, 7) is 0. The summed E-state index contributed by atoms with van der Waals surface area (Å²) < 4.78 is 5.50. The molecule has 29 heavy (non-hydrogen) atoms. The molecule has 0 bridgehead atoms. The third-order valence-corrected chi connectivity index (χ3v) is 4.70. The van der Waals surface area contributed by atoms with Crippen molar-refractivity contribution in [1.82, 2.24) is 20.4 Å². The molecule has 4 rings (SSSR count). The highest BCUT2D eigenvalue weighted by atomic mass is 35.5. The maximum atomic E-state index is 12.4. The smallest absolute Gasteiger partial charge is 0.279 e. The Bertz CT molecular complexity index is 1200. The van der Waals surface area contributed by atoms with Crippen LogP contribution in [0, 0.1) is 0 Å². The van der Waals surface area contributed by atoms with Gasteiger partial charge in [0.15, 0.2) is 5.75 Å². The zero-order valence-electron chi connectivity index (χ0n) is 15.3. The minimum atomic E-state index is -0.729. The number of carbonyl (C=O) groups is 1. The molecule has 2 N–H and O–H groups in total. The van der Waals surface area contributed by atoms with Gasteiger partial charge in [-0.05, 0) is 23.3 Å². The molecule has 0 unspecified atom stereocenters. The fourth-order valence-electron chi connectivity index (χ4n) is 3.16. The van der Waals surface area contributed by atoms with Crippen molar-refractivity contribution < 1.29 is 14.7 Å². The molecule has 3 aromatic heterocycles. The van der Waals surface area contributed by atoms with Crippen molar-refractivity contribution in [2.24, 2.45) is 0 Å². The summed E-state index contributed by atoms with van der Waals surface area (Å²) in [6, 6.07) is 13.1. The molecule has 0 atom stereocenters. The molecular formula is C21H15ClN4O3. The molecule has 0 aliphatic rings. The van der Waals surface area contributed by atoms with Crippen LogP contribution in [0.25, 0.3) is 33.3 Å². The third-order valence-electron chi connectivity index (χ3n) is 4.50. The number of ether oxygens (including phenoxy) is 1. The predicted octanol–water partition coefficient (Wildman–Crippen LogP) is 4.14. The van der Waals surface area contributed by atoms with E-state index in [4.69, 9.17) is 16.3 Å². The molecule has 7 nitrogen and oxygen atoms in total. The number of hydroxylamine groups is 1. The number of nitrogens with zero attached hydrogens (tertiary/aromatic N) is 3. The molecule has 0 spiro atoms. The number of halogens is 1. The molecule has 0 aliphatic carbocycles. The lowest BCUT2D eigenvalue weighted by molar-refractivity contribution is 0.0705. The Morgan fingerprint density at radius 1 is 1.07 bits per heavy atom. The number of nitrogens with one attached hydrogen (secondary N) is 1. The first-order valence-electron chi connectivity index (χ1n) is 8.61. The number of carbonyl (C=O) groups excluding carboxylic acids is 1. The Kier molecular flexibility index (Phi) is 5.07. The number of methoxy groups -OCH3 is 1. The van der Waals surface area contributed by atoms with Gasteiger partial charge >= 0.3 is 0 Å². The van der Waals surface area contributed by atoms with Crippen molar-refractivity contribution in [1.29, 1.82) is 0 Å². The first-order chi connectivity index (χ1) is 14.1. The largest absolute Gasteiger partial charge is 0.494 e. The van der Waals surface area contributed by atoms with Gasteiger partial charge in [-0.15, -0.1) is 0 Å². The molecule has 8 heteroatoms. The van der Waals surface area contributed by atoms with Crippen LogP contribution in [-0.4, -0.2) is 33.2 Å². The lowest BCUT2D eigenvalue weighted by Gasteiger charge is -2.15. The average molecular weight is 407 g/mol. The van der Waals surface area contributed by atoms with Gasteiger partial charge in [-0.25, -0.2) is 15.4 Å². The molecule has 0 saturated carbocycles. The molecule has 0 radical (unpaired) electrons. The van der Waals surface area contributed by atoms with E-state index in [1.807, 2.05) is 36.4 Å². The number of rotatable bonds is 4. The predicted molar refractivity (Wildman–Crippen MR) is 109 cm³/mol. The van der Waals surface area contributed by atoms with Gasteiger partial charge in [0.05, 0.1) is 18.2 Å². The normalized spacial score (nSPS) is 10.7. The summed E-state index contributed by atoms with van der Waals surface area (Å²) >= 11 is 6.01. The number of amides is 1. The van der Waals surface area contributed by atoms with Gasteiger partial charge in [0.2, 0.25) is 0 Å². The third kappa shape index (κ3) is 3.49. The number of aromatic nitrogens is 3. The van der Waals surface area contributed by atoms with Crippen LogP contribution in [-0.2, 0) is 0 Å². The van der Waals surface area contributed by atoms with Crippen molar-refractivity contribution in [2.75, 3.05) is 7.11 Å². The van der Waals surface area contributed by atoms with Crippen molar-refractivity contribution >= 4 is 28.4 Å². The van der Waals surface area contributed by atoms with Crippen LogP contribution < -0.4 is 10.2 Å². The number of hydrogen-bond acceptors (Lipinski definition) is 6. The number of benzene rings is 1. The van der Waals surface area contributed by atoms with Crippen LogP contribution in [0.5, 0.6) is 5.75 Å². The van der Waals surface area contributed by atoms with E-state index in [2.05, 4.69) is 15.0 Å². The summed E-state index contributed by atoms with van der Waals surface area (Å²) in [5, 5.41) is 9.87. The van der Waals surface area contributed by atoms with Gasteiger partial charge in [-0.2, -0.15) is 0 Å². The highest BCUT2D eigenvalue weighted by Gasteiger charge is 2.23. The van der Waals surface area contributed by atoms with Gasteiger partial charge < -0.3 is 4.74 Å². The molecule has 1 aromatic carbocycles. The maximum Gasteiger partial charge on any atom is 0.279 e. The quantitative estimate of drug-likeness (QED) is 0.300. The first kappa shape index (κ1) is 18.8. The SMILES string of the molecule is COc1c(-c2ccc(-c3ccncc3)cc2)nc2cc(Cl)ncc2c1C(=O)NO. The van der Waals surface area contributed by atoms with Crippen LogP contribution in [0.2, 0.25) is 5.15 Å². The number of fused-ring (bicyclic) bond motifs is 1. The molecule has 1 amide bonds. The van der Waals surface area contributed by atoms with Gasteiger partial charge in [0.1, 0.15) is 10.8 Å². The standard InChI is InChI=1S/C21H15ClN4O3/c1-29-20-18(21(27)26-28)15-11-24-17(22)10-16(15)25-19(20)14-4-2-12(3-5-14)13-6-8-23-9-7-13/h2-11,28H,1H3,(H,26,27). The van der Waals surface area contributed by atoms with Crippen molar-refractivity contribution in [2.45, 2.75) is 0 Å².